The lowest BCUT2D eigenvalue weighted by molar-refractivity contribution is 0.673. The summed E-state index contributed by atoms with van der Waals surface area (Å²) in [7, 11) is 0. The van der Waals surface area contributed by atoms with Gasteiger partial charge in [0.2, 0.25) is 5.95 Å². The molecule has 11 aromatic rings. The Morgan fingerprint density at radius 3 is 1.67 bits per heavy atom. The number of rotatable bonds is 4. The van der Waals surface area contributed by atoms with Crippen molar-refractivity contribution in [2.45, 2.75) is 0 Å². The molecule has 4 heterocycles. The van der Waals surface area contributed by atoms with E-state index in [-0.39, 0.29) is 0 Å². The predicted molar refractivity (Wildman–Crippen MR) is 207 cm³/mol. The first-order chi connectivity index (χ1) is 25.3. The lowest BCUT2D eigenvalue weighted by Crippen LogP contribution is -2.06. The van der Waals surface area contributed by atoms with Crippen LogP contribution in [0.4, 0.5) is 0 Å². The second kappa shape index (κ2) is 10.7. The van der Waals surface area contributed by atoms with E-state index in [0.29, 0.717) is 17.6 Å². The molecule has 6 heteroatoms. The maximum absolute atomic E-state index is 6.80. The van der Waals surface area contributed by atoms with Crippen molar-refractivity contribution in [1.82, 2.24) is 24.1 Å². The van der Waals surface area contributed by atoms with Crippen molar-refractivity contribution >= 4 is 65.6 Å². The molecule has 0 fully saturated rings. The molecule has 0 saturated heterocycles. The van der Waals surface area contributed by atoms with E-state index in [1.54, 1.807) is 0 Å². The normalized spacial score (nSPS) is 11.9. The molecule has 0 radical (unpaired) electrons. The van der Waals surface area contributed by atoms with Gasteiger partial charge in [0.05, 0.1) is 27.5 Å². The lowest BCUT2D eigenvalue weighted by Gasteiger charge is -2.11. The molecule has 0 aliphatic heterocycles. The largest absolute Gasteiger partial charge is 0.455 e. The van der Waals surface area contributed by atoms with Crippen molar-refractivity contribution in [2.75, 3.05) is 0 Å². The van der Waals surface area contributed by atoms with Crippen molar-refractivity contribution < 1.29 is 4.42 Å². The molecule has 0 atom stereocenters. The molecule has 11 rings (SSSR count). The first kappa shape index (κ1) is 27.9. The smallest absolute Gasteiger partial charge is 0.238 e. The first-order valence-corrected chi connectivity index (χ1v) is 17.0. The van der Waals surface area contributed by atoms with Crippen LogP contribution in [-0.4, -0.2) is 24.1 Å². The van der Waals surface area contributed by atoms with Gasteiger partial charge in [-0.2, -0.15) is 9.97 Å². The van der Waals surface area contributed by atoms with Crippen LogP contribution in [0.15, 0.2) is 168 Å². The number of benzene rings is 7. The maximum Gasteiger partial charge on any atom is 0.238 e. The Morgan fingerprint density at radius 2 is 0.961 bits per heavy atom. The number of fused-ring (bicyclic) bond motifs is 11. The fourth-order valence-electron chi connectivity index (χ4n) is 7.77. The van der Waals surface area contributed by atoms with E-state index >= 15 is 0 Å². The van der Waals surface area contributed by atoms with Crippen LogP contribution < -0.4 is 0 Å². The molecule has 0 saturated carbocycles. The average molecular weight is 654 g/mol. The number of nitrogens with zero attached hydrogens (tertiary/aromatic N) is 5. The lowest BCUT2D eigenvalue weighted by atomic mass is 10.1. The third-order valence-electron chi connectivity index (χ3n) is 9.97. The van der Waals surface area contributed by atoms with E-state index < -0.39 is 0 Å². The highest BCUT2D eigenvalue weighted by molar-refractivity contribution is 6.31. The molecule has 0 aliphatic carbocycles. The Balaban J connectivity index is 1.36. The van der Waals surface area contributed by atoms with Gasteiger partial charge in [-0.15, -0.1) is 0 Å². The van der Waals surface area contributed by atoms with Crippen molar-refractivity contribution in [2.24, 2.45) is 0 Å². The predicted octanol–water partition coefficient (Wildman–Crippen LogP) is 11.3. The second-order valence-corrected chi connectivity index (χ2v) is 12.8. The van der Waals surface area contributed by atoms with E-state index in [9.17, 15) is 0 Å². The summed E-state index contributed by atoms with van der Waals surface area (Å²) in [5.41, 5.74) is 8.82. The van der Waals surface area contributed by atoms with Crippen LogP contribution in [0.25, 0.3) is 100.0 Å². The molecule has 0 amide bonds. The number of para-hydroxylation sites is 3. The molecule has 0 N–H and O–H groups in total. The van der Waals surface area contributed by atoms with Crippen LogP contribution in [0.2, 0.25) is 0 Å². The summed E-state index contributed by atoms with van der Waals surface area (Å²) in [5, 5.41) is 6.61. The summed E-state index contributed by atoms with van der Waals surface area (Å²) in [6, 6.07) is 56.5. The van der Waals surface area contributed by atoms with Gasteiger partial charge in [-0.1, -0.05) is 121 Å². The summed E-state index contributed by atoms with van der Waals surface area (Å²) in [6.07, 6.45) is 0. The quantitative estimate of drug-likeness (QED) is 0.190. The molecule has 4 aromatic heterocycles. The molecule has 51 heavy (non-hydrogen) atoms. The zero-order chi connectivity index (χ0) is 33.5. The number of furan rings is 1. The van der Waals surface area contributed by atoms with Gasteiger partial charge >= 0.3 is 0 Å². The molecule has 0 aliphatic rings. The Hall–Kier alpha value is -7.05. The summed E-state index contributed by atoms with van der Waals surface area (Å²) >= 11 is 0. The SMILES string of the molecule is c1ccc(-c2nc(-c3ccccc3)nc(-n3c4ccc5c6ccccc6oc5c4c4c3ccc3c5ccccc5n(-c5ccccc5)c34)n2)cc1. The van der Waals surface area contributed by atoms with E-state index in [2.05, 4.69) is 100 Å². The maximum atomic E-state index is 6.80. The highest BCUT2D eigenvalue weighted by Gasteiger charge is 2.25. The summed E-state index contributed by atoms with van der Waals surface area (Å²) in [4.78, 5) is 15.4. The fraction of sp³-hybridized carbons (Fsp3) is 0. The molecule has 7 aromatic carbocycles. The van der Waals surface area contributed by atoms with Crippen molar-refractivity contribution in [3.8, 4) is 34.4 Å². The number of hydrogen-bond donors (Lipinski definition) is 0. The minimum atomic E-state index is 0.542. The van der Waals surface area contributed by atoms with Gasteiger partial charge in [-0.05, 0) is 42.5 Å². The van der Waals surface area contributed by atoms with E-state index in [4.69, 9.17) is 19.4 Å². The van der Waals surface area contributed by atoms with Crippen LogP contribution in [0.5, 0.6) is 0 Å². The monoisotopic (exact) mass is 653 g/mol. The second-order valence-electron chi connectivity index (χ2n) is 12.8. The molecule has 6 nitrogen and oxygen atoms in total. The highest BCUT2D eigenvalue weighted by Crippen LogP contribution is 2.45. The first-order valence-electron chi connectivity index (χ1n) is 17.0. The van der Waals surface area contributed by atoms with Gasteiger partial charge < -0.3 is 8.98 Å². The summed E-state index contributed by atoms with van der Waals surface area (Å²) in [6.45, 7) is 0. The number of hydrogen-bond acceptors (Lipinski definition) is 4. The molecular formula is C45H27N5O. The van der Waals surface area contributed by atoms with Crippen molar-refractivity contribution in [3.63, 3.8) is 0 Å². The number of aromatic nitrogens is 5. The highest BCUT2D eigenvalue weighted by atomic mass is 16.3. The molecular weight excluding hydrogens is 627 g/mol. The van der Waals surface area contributed by atoms with Gasteiger partial charge in [0.15, 0.2) is 11.6 Å². The standard InChI is InChI=1S/C45H27N5O/c1-4-14-28(15-5-1)43-46-44(29-16-6-2-7-17-29)48-45(47-43)50-36-26-24-33-31-20-10-12-22-35(31)49(30-18-8-3-9-19-30)41(33)39(36)40-37(50)27-25-34-32-21-11-13-23-38(32)51-42(34)40/h1-27H. The topological polar surface area (TPSA) is 61.7 Å². The minimum Gasteiger partial charge on any atom is -0.455 e. The van der Waals surface area contributed by atoms with E-state index in [1.165, 1.54) is 10.8 Å². The van der Waals surface area contributed by atoms with Gasteiger partial charge in [0.25, 0.3) is 0 Å². The van der Waals surface area contributed by atoms with Crippen LogP contribution in [0, 0.1) is 0 Å². The third kappa shape index (κ3) is 4.07. The van der Waals surface area contributed by atoms with Gasteiger partial charge in [-0.25, -0.2) is 4.98 Å². The van der Waals surface area contributed by atoms with Crippen molar-refractivity contribution in [1.29, 1.82) is 0 Å². The fourth-order valence-corrected chi connectivity index (χ4v) is 7.77. The minimum absolute atomic E-state index is 0.542. The average Bonchev–Trinajstić information content (AvgIpc) is 3.86. The van der Waals surface area contributed by atoms with Crippen LogP contribution in [0.3, 0.4) is 0 Å². The van der Waals surface area contributed by atoms with E-state index in [1.807, 2.05) is 72.8 Å². The summed E-state index contributed by atoms with van der Waals surface area (Å²) in [5.74, 6) is 1.76. The molecule has 238 valence electrons. The zero-order valence-electron chi connectivity index (χ0n) is 27.2. The third-order valence-corrected chi connectivity index (χ3v) is 9.97. The Labute approximate surface area is 291 Å². The summed E-state index contributed by atoms with van der Waals surface area (Å²) < 4.78 is 11.4. The van der Waals surface area contributed by atoms with E-state index in [0.717, 1.165) is 71.6 Å². The Morgan fingerprint density at radius 1 is 0.392 bits per heavy atom. The Bertz CT molecular complexity index is 3060. The Kier molecular flexibility index (Phi) is 5.86. The van der Waals surface area contributed by atoms with Crippen molar-refractivity contribution in [3.05, 3.63) is 164 Å². The van der Waals surface area contributed by atoms with Crippen LogP contribution >= 0.6 is 0 Å². The van der Waals surface area contributed by atoms with Crippen LogP contribution in [-0.2, 0) is 0 Å². The van der Waals surface area contributed by atoms with Gasteiger partial charge in [0, 0.05) is 43.7 Å². The van der Waals surface area contributed by atoms with Crippen LogP contribution in [0.1, 0.15) is 0 Å². The molecule has 0 unspecified atom stereocenters. The zero-order valence-corrected chi connectivity index (χ0v) is 27.2. The van der Waals surface area contributed by atoms with Gasteiger partial charge in [-0.3, -0.25) is 4.57 Å². The molecule has 0 bridgehead atoms. The molecule has 0 spiro atoms. The van der Waals surface area contributed by atoms with Gasteiger partial charge in [0.1, 0.15) is 11.2 Å².